The number of Topliss-reactive ketones (excluding diaryl/α,β-unsaturated/α-hetero) is 1. The van der Waals surface area contributed by atoms with Crippen molar-refractivity contribution in [1.29, 1.82) is 0 Å². The maximum Gasteiger partial charge on any atom is 0.282 e. The highest BCUT2D eigenvalue weighted by atomic mass is 35.5. The summed E-state index contributed by atoms with van der Waals surface area (Å²) in [5.41, 5.74) is -0.317. The number of ketones is 1. The summed E-state index contributed by atoms with van der Waals surface area (Å²) in [5, 5.41) is 6.64. The minimum Gasteiger partial charge on any atom is -0.345 e. The lowest BCUT2D eigenvalue weighted by molar-refractivity contribution is -0.117. The van der Waals surface area contributed by atoms with Gasteiger partial charge in [-0.1, -0.05) is 29.3 Å². The molecule has 5 nitrogen and oxygen atoms in total. The van der Waals surface area contributed by atoms with Gasteiger partial charge >= 0.3 is 0 Å². The van der Waals surface area contributed by atoms with Crippen LogP contribution in [-0.2, 0) is 18.3 Å². The number of hydrogen-bond donors (Lipinski definition) is 1. The summed E-state index contributed by atoms with van der Waals surface area (Å²) in [6.45, 7) is -0.310. The molecule has 0 aliphatic carbocycles. The molecule has 9 heteroatoms. The number of amides is 1. The molecule has 128 valence electrons. The van der Waals surface area contributed by atoms with Crippen LogP contribution in [0.1, 0.15) is 28.0 Å². The molecule has 0 atom stereocenters. The molecule has 0 saturated carbocycles. The average Bonchev–Trinajstić information content (AvgIpc) is 2.90. The summed E-state index contributed by atoms with van der Waals surface area (Å²) in [6.07, 6.45) is -1.71. The molecule has 0 aliphatic heterocycles. The van der Waals surface area contributed by atoms with E-state index in [0.29, 0.717) is 15.6 Å². The highest BCUT2D eigenvalue weighted by Crippen LogP contribution is 2.22. The quantitative estimate of drug-likeness (QED) is 0.842. The third kappa shape index (κ3) is 4.52. The predicted octanol–water partition coefficient (Wildman–Crippen LogP) is 3.21. The molecular weight excluding hydrogens is 363 g/mol. The van der Waals surface area contributed by atoms with Crippen LogP contribution < -0.4 is 5.32 Å². The first-order valence-corrected chi connectivity index (χ1v) is 7.59. The number of nitrogens with one attached hydrogen (secondary N) is 1. The number of aromatic nitrogens is 2. The Bertz CT molecular complexity index is 778. The normalized spacial score (nSPS) is 10.9. The zero-order valence-electron chi connectivity index (χ0n) is 12.5. The number of rotatable bonds is 6. The third-order valence-electron chi connectivity index (χ3n) is 3.16. The second-order valence-electron chi connectivity index (χ2n) is 5.04. The van der Waals surface area contributed by atoms with Crippen LogP contribution in [0.3, 0.4) is 0 Å². The SMILES string of the molecule is Cn1cc(C(=O)NCC(=O)Cc2ccc(Cl)cc2Cl)c(C(F)F)n1. The van der Waals surface area contributed by atoms with Gasteiger partial charge in [0.15, 0.2) is 5.78 Å². The van der Waals surface area contributed by atoms with Gasteiger partial charge in [-0.25, -0.2) is 8.78 Å². The fourth-order valence-corrected chi connectivity index (χ4v) is 2.53. The third-order valence-corrected chi connectivity index (χ3v) is 3.74. The van der Waals surface area contributed by atoms with Gasteiger partial charge in [0.2, 0.25) is 0 Å². The van der Waals surface area contributed by atoms with Crippen molar-refractivity contribution in [1.82, 2.24) is 15.1 Å². The van der Waals surface area contributed by atoms with Gasteiger partial charge < -0.3 is 5.32 Å². The first-order valence-electron chi connectivity index (χ1n) is 6.83. The van der Waals surface area contributed by atoms with Gasteiger partial charge in [-0.15, -0.1) is 0 Å². The minimum atomic E-state index is -2.88. The Morgan fingerprint density at radius 2 is 2.04 bits per heavy atom. The van der Waals surface area contributed by atoms with E-state index in [4.69, 9.17) is 23.2 Å². The van der Waals surface area contributed by atoms with Crippen LogP contribution in [0.5, 0.6) is 0 Å². The van der Waals surface area contributed by atoms with Crippen molar-refractivity contribution in [3.05, 3.63) is 51.3 Å². The van der Waals surface area contributed by atoms with Gasteiger partial charge in [-0.2, -0.15) is 5.10 Å². The van der Waals surface area contributed by atoms with Crippen molar-refractivity contribution < 1.29 is 18.4 Å². The van der Waals surface area contributed by atoms with Crippen molar-refractivity contribution >= 4 is 34.9 Å². The maximum absolute atomic E-state index is 12.8. The second kappa shape index (κ2) is 7.72. The molecule has 0 fully saturated rings. The molecule has 0 unspecified atom stereocenters. The Morgan fingerprint density at radius 1 is 1.33 bits per heavy atom. The molecule has 0 radical (unpaired) electrons. The van der Waals surface area contributed by atoms with Gasteiger partial charge in [0.25, 0.3) is 12.3 Å². The standard InChI is InChI=1S/C15H13Cl2F2N3O2/c1-22-7-11(13(21-22)14(18)19)15(24)20-6-10(23)4-8-2-3-9(16)5-12(8)17/h2-3,5,7,14H,4,6H2,1H3,(H,20,24). The van der Waals surface area contributed by atoms with E-state index < -0.39 is 18.0 Å². The van der Waals surface area contributed by atoms with E-state index in [1.165, 1.54) is 19.3 Å². The molecule has 1 heterocycles. The molecule has 0 saturated heterocycles. The summed E-state index contributed by atoms with van der Waals surface area (Å²) in [4.78, 5) is 23.9. The molecule has 0 aliphatic rings. The molecule has 24 heavy (non-hydrogen) atoms. The first kappa shape index (κ1) is 18.4. The molecule has 2 aromatic rings. The Morgan fingerprint density at radius 3 is 2.67 bits per heavy atom. The number of carbonyl (C=O) groups is 2. The average molecular weight is 376 g/mol. The van der Waals surface area contributed by atoms with Crippen LogP contribution >= 0.6 is 23.2 Å². The van der Waals surface area contributed by atoms with Crippen LogP contribution in [0.2, 0.25) is 10.0 Å². The number of hydrogen-bond acceptors (Lipinski definition) is 3. The zero-order valence-corrected chi connectivity index (χ0v) is 14.0. The zero-order chi connectivity index (χ0) is 17.9. The largest absolute Gasteiger partial charge is 0.345 e. The van der Waals surface area contributed by atoms with Crippen molar-refractivity contribution in [3.63, 3.8) is 0 Å². The van der Waals surface area contributed by atoms with Crippen LogP contribution in [-0.4, -0.2) is 28.0 Å². The Kier molecular flexibility index (Phi) is 5.90. The predicted molar refractivity (Wildman–Crippen MR) is 85.7 cm³/mol. The number of carbonyl (C=O) groups excluding carboxylic acids is 2. The Hall–Kier alpha value is -1.99. The summed E-state index contributed by atoms with van der Waals surface area (Å²) in [5.74, 6) is -1.11. The maximum atomic E-state index is 12.8. The lowest BCUT2D eigenvalue weighted by Gasteiger charge is -2.06. The summed E-state index contributed by atoms with van der Waals surface area (Å²) in [6, 6.07) is 4.72. The smallest absolute Gasteiger partial charge is 0.282 e. The molecule has 1 amide bonds. The Balaban J connectivity index is 1.97. The number of alkyl halides is 2. The monoisotopic (exact) mass is 375 g/mol. The summed E-state index contributed by atoms with van der Waals surface area (Å²) < 4.78 is 26.7. The van der Waals surface area contributed by atoms with Crippen molar-refractivity contribution in [2.75, 3.05) is 6.54 Å². The van der Waals surface area contributed by atoms with E-state index in [1.807, 2.05) is 0 Å². The van der Waals surface area contributed by atoms with Gasteiger partial charge in [-0.3, -0.25) is 14.3 Å². The van der Waals surface area contributed by atoms with Crippen LogP contribution in [0.4, 0.5) is 8.78 Å². The van der Waals surface area contributed by atoms with Crippen molar-refractivity contribution in [3.8, 4) is 0 Å². The van der Waals surface area contributed by atoms with Crippen molar-refractivity contribution in [2.24, 2.45) is 7.05 Å². The molecule has 0 spiro atoms. The lowest BCUT2D eigenvalue weighted by Crippen LogP contribution is -2.30. The van der Waals surface area contributed by atoms with Crippen LogP contribution in [0.15, 0.2) is 24.4 Å². The highest BCUT2D eigenvalue weighted by Gasteiger charge is 2.22. The molecule has 1 aromatic heterocycles. The lowest BCUT2D eigenvalue weighted by atomic mass is 10.1. The summed E-state index contributed by atoms with van der Waals surface area (Å²) in [7, 11) is 1.43. The number of benzene rings is 1. The van der Waals surface area contributed by atoms with E-state index in [2.05, 4.69) is 10.4 Å². The number of halogens is 4. The van der Waals surface area contributed by atoms with Gasteiger partial charge in [0, 0.05) is 29.7 Å². The Labute approximate surface area is 146 Å². The summed E-state index contributed by atoms with van der Waals surface area (Å²) >= 11 is 11.7. The fourth-order valence-electron chi connectivity index (χ4n) is 2.06. The van der Waals surface area contributed by atoms with E-state index >= 15 is 0 Å². The van der Waals surface area contributed by atoms with Gasteiger partial charge in [-0.05, 0) is 17.7 Å². The van der Waals surface area contributed by atoms with Gasteiger partial charge in [0.05, 0.1) is 12.1 Å². The molecule has 0 bridgehead atoms. The van der Waals surface area contributed by atoms with Crippen molar-refractivity contribution in [2.45, 2.75) is 12.8 Å². The minimum absolute atomic E-state index is 0.00890. The molecule has 1 N–H and O–H groups in total. The molecular formula is C15H13Cl2F2N3O2. The fraction of sp³-hybridized carbons (Fsp3) is 0.267. The van der Waals surface area contributed by atoms with E-state index in [-0.39, 0.29) is 24.3 Å². The highest BCUT2D eigenvalue weighted by molar-refractivity contribution is 6.35. The molecule has 2 rings (SSSR count). The number of nitrogens with zero attached hydrogens (tertiary/aromatic N) is 2. The topological polar surface area (TPSA) is 64.0 Å². The molecule has 1 aromatic carbocycles. The van der Waals surface area contributed by atoms with E-state index in [0.717, 1.165) is 4.68 Å². The second-order valence-corrected chi connectivity index (χ2v) is 5.88. The van der Waals surface area contributed by atoms with Gasteiger partial charge in [0.1, 0.15) is 5.69 Å². The van der Waals surface area contributed by atoms with E-state index in [9.17, 15) is 18.4 Å². The number of aryl methyl sites for hydroxylation is 1. The first-order chi connectivity index (χ1) is 11.3. The van der Waals surface area contributed by atoms with Crippen LogP contribution in [0.25, 0.3) is 0 Å². The van der Waals surface area contributed by atoms with E-state index in [1.54, 1.807) is 12.1 Å². The van der Waals surface area contributed by atoms with Crippen LogP contribution in [0, 0.1) is 0 Å².